The number of carbonyl (C=O) groups excluding carboxylic acids is 2. The van der Waals surface area contributed by atoms with Crippen LogP contribution in [0.25, 0.3) is 0 Å². The molecule has 2 aromatic rings. The van der Waals surface area contributed by atoms with E-state index < -0.39 is 0 Å². The minimum atomic E-state index is -0.196. The van der Waals surface area contributed by atoms with Gasteiger partial charge >= 0.3 is 0 Å². The lowest BCUT2D eigenvalue weighted by Crippen LogP contribution is -2.27. The van der Waals surface area contributed by atoms with E-state index in [4.69, 9.17) is 0 Å². The van der Waals surface area contributed by atoms with Gasteiger partial charge in [0.2, 0.25) is 0 Å². The molecule has 144 valence electrons. The molecule has 1 aromatic heterocycles. The van der Waals surface area contributed by atoms with E-state index in [2.05, 4.69) is 29.8 Å². The van der Waals surface area contributed by atoms with E-state index in [0.29, 0.717) is 34.5 Å². The molecule has 2 heterocycles. The maximum absolute atomic E-state index is 12.5. The van der Waals surface area contributed by atoms with Crippen LogP contribution in [0.15, 0.2) is 35.7 Å². The van der Waals surface area contributed by atoms with Gasteiger partial charge in [-0.15, -0.1) is 11.3 Å². The summed E-state index contributed by atoms with van der Waals surface area (Å²) in [6.07, 6.45) is 2.15. The maximum atomic E-state index is 12.5. The van der Waals surface area contributed by atoms with Crippen molar-refractivity contribution >= 4 is 28.2 Å². The second-order valence-electron chi connectivity index (χ2n) is 7.30. The third kappa shape index (κ3) is 5.17. The highest BCUT2D eigenvalue weighted by Gasteiger charge is 2.18. The Morgan fingerprint density at radius 2 is 1.96 bits per heavy atom. The Morgan fingerprint density at radius 1 is 1.19 bits per heavy atom. The Kier molecular flexibility index (Phi) is 6.63. The summed E-state index contributed by atoms with van der Waals surface area (Å²) in [6.45, 7) is 7.00. The van der Waals surface area contributed by atoms with Gasteiger partial charge in [-0.25, -0.2) is 0 Å². The minimum absolute atomic E-state index is 0.132. The molecule has 6 heteroatoms. The van der Waals surface area contributed by atoms with E-state index in [1.807, 2.05) is 29.6 Å². The molecule has 1 aliphatic rings. The molecule has 3 N–H and O–H groups in total. The quantitative estimate of drug-likeness (QED) is 0.678. The Balaban J connectivity index is 1.57. The van der Waals surface area contributed by atoms with Crippen molar-refractivity contribution in [2.75, 3.05) is 25.0 Å². The van der Waals surface area contributed by atoms with E-state index >= 15 is 0 Å². The van der Waals surface area contributed by atoms with Gasteiger partial charge in [-0.2, -0.15) is 0 Å². The topological polar surface area (TPSA) is 70.2 Å². The number of amides is 2. The lowest BCUT2D eigenvalue weighted by Gasteiger charge is -2.11. The summed E-state index contributed by atoms with van der Waals surface area (Å²) < 4.78 is 0. The number of rotatable bonds is 7. The van der Waals surface area contributed by atoms with Crippen molar-refractivity contribution in [3.63, 3.8) is 0 Å². The van der Waals surface area contributed by atoms with Crippen LogP contribution >= 0.6 is 11.3 Å². The Hall–Kier alpha value is -2.18. The number of nitrogens with one attached hydrogen (secondary N) is 3. The standard InChI is InChI=1S/C21H27N3O2S/c1-14(2)16-3-5-17(6-4-16)19(25)24-21-18(9-12-27-21)20(26)23-11-8-15-7-10-22-13-15/h3-6,9,12,14-15,22H,7-8,10-11,13H2,1-2H3,(H,23,26)(H,24,25). The van der Waals surface area contributed by atoms with Gasteiger partial charge in [0, 0.05) is 12.1 Å². The lowest BCUT2D eigenvalue weighted by molar-refractivity contribution is 0.0953. The van der Waals surface area contributed by atoms with Crippen LogP contribution in [-0.2, 0) is 0 Å². The van der Waals surface area contributed by atoms with Gasteiger partial charge in [-0.3, -0.25) is 9.59 Å². The number of thiophene rings is 1. The summed E-state index contributed by atoms with van der Waals surface area (Å²) in [6, 6.07) is 9.36. The van der Waals surface area contributed by atoms with Crippen LogP contribution < -0.4 is 16.0 Å². The van der Waals surface area contributed by atoms with Crippen molar-refractivity contribution in [3.05, 3.63) is 52.4 Å². The molecule has 1 atom stereocenters. The van der Waals surface area contributed by atoms with Crippen molar-refractivity contribution < 1.29 is 9.59 Å². The number of hydrogen-bond donors (Lipinski definition) is 3. The van der Waals surface area contributed by atoms with E-state index in [1.54, 1.807) is 6.07 Å². The average molecular weight is 386 g/mol. The molecule has 1 saturated heterocycles. The molecule has 2 amide bonds. The van der Waals surface area contributed by atoms with Gasteiger partial charge in [0.25, 0.3) is 11.8 Å². The molecule has 0 saturated carbocycles. The second kappa shape index (κ2) is 9.15. The maximum Gasteiger partial charge on any atom is 0.256 e. The fraction of sp³-hybridized carbons (Fsp3) is 0.429. The van der Waals surface area contributed by atoms with Gasteiger partial charge in [0.15, 0.2) is 0 Å². The van der Waals surface area contributed by atoms with Crippen LogP contribution in [-0.4, -0.2) is 31.4 Å². The van der Waals surface area contributed by atoms with E-state index in [1.165, 1.54) is 23.3 Å². The molecular weight excluding hydrogens is 358 g/mol. The Bertz CT molecular complexity index is 777. The number of carbonyl (C=O) groups is 2. The van der Waals surface area contributed by atoms with Gasteiger partial charge in [-0.1, -0.05) is 26.0 Å². The largest absolute Gasteiger partial charge is 0.352 e. The van der Waals surface area contributed by atoms with Crippen molar-refractivity contribution in [1.29, 1.82) is 0 Å². The molecule has 0 spiro atoms. The van der Waals surface area contributed by atoms with Crippen molar-refractivity contribution in [1.82, 2.24) is 10.6 Å². The van der Waals surface area contributed by atoms with Crippen LogP contribution in [0.1, 0.15) is 58.9 Å². The van der Waals surface area contributed by atoms with Crippen molar-refractivity contribution in [2.45, 2.75) is 32.6 Å². The zero-order valence-corrected chi connectivity index (χ0v) is 16.7. The van der Waals surface area contributed by atoms with Crippen molar-refractivity contribution in [3.8, 4) is 0 Å². The van der Waals surface area contributed by atoms with Crippen LogP contribution in [0.2, 0.25) is 0 Å². The van der Waals surface area contributed by atoms with E-state index in [-0.39, 0.29) is 11.8 Å². The van der Waals surface area contributed by atoms with Gasteiger partial charge in [0.05, 0.1) is 5.56 Å². The molecule has 0 aliphatic carbocycles. The molecule has 0 bridgehead atoms. The highest BCUT2D eigenvalue weighted by atomic mass is 32.1. The summed E-state index contributed by atoms with van der Waals surface area (Å²) in [7, 11) is 0. The zero-order valence-electron chi connectivity index (χ0n) is 15.9. The van der Waals surface area contributed by atoms with Crippen LogP contribution in [0.5, 0.6) is 0 Å². The van der Waals surface area contributed by atoms with Crippen LogP contribution in [0, 0.1) is 5.92 Å². The average Bonchev–Trinajstić information content (AvgIpc) is 3.33. The van der Waals surface area contributed by atoms with Gasteiger partial charge in [0.1, 0.15) is 5.00 Å². The third-order valence-corrected chi connectivity index (χ3v) is 5.81. The van der Waals surface area contributed by atoms with E-state index in [0.717, 1.165) is 19.5 Å². The molecule has 0 radical (unpaired) electrons. The predicted molar refractivity (Wildman–Crippen MR) is 111 cm³/mol. The summed E-state index contributed by atoms with van der Waals surface area (Å²) in [5, 5.41) is 11.6. The monoisotopic (exact) mass is 385 g/mol. The fourth-order valence-electron chi connectivity index (χ4n) is 3.23. The van der Waals surface area contributed by atoms with Crippen LogP contribution in [0.4, 0.5) is 5.00 Å². The first-order valence-corrected chi connectivity index (χ1v) is 10.4. The molecule has 27 heavy (non-hydrogen) atoms. The Labute approximate surface area is 164 Å². The smallest absolute Gasteiger partial charge is 0.256 e. The highest BCUT2D eigenvalue weighted by molar-refractivity contribution is 7.14. The molecule has 1 fully saturated rings. The number of hydrogen-bond acceptors (Lipinski definition) is 4. The molecule has 1 aliphatic heterocycles. The first kappa shape index (κ1) is 19.6. The summed E-state index contributed by atoms with van der Waals surface area (Å²) in [5.74, 6) is 0.738. The lowest BCUT2D eigenvalue weighted by atomic mass is 10.0. The Morgan fingerprint density at radius 3 is 2.63 bits per heavy atom. The summed E-state index contributed by atoms with van der Waals surface area (Å²) in [5.41, 5.74) is 2.31. The normalized spacial score (nSPS) is 16.5. The van der Waals surface area contributed by atoms with Crippen LogP contribution in [0.3, 0.4) is 0 Å². The highest BCUT2D eigenvalue weighted by Crippen LogP contribution is 2.24. The molecule has 3 rings (SSSR count). The molecular formula is C21H27N3O2S. The first-order chi connectivity index (χ1) is 13.0. The predicted octanol–water partition coefficient (Wildman–Crippen LogP) is 3.85. The fourth-order valence-corrected chi connectivity index (χ4v) is 4.00. The van der Waals surface area contributed by atoms with Gasteiger partial charge in [-0.05, 0) is 66.9 Å². The summed E-state index contributed by atoms with van der Waals surface area (Å²) >= 11 is 1.36. The SMILES string of the molecule is CC(C)c1ccc(C(=O)Nc2sccc2C(=O)NCCC2CCNC2)cc1. The first-order valence-electron chi connectivity index (χ1n) is 9.52. The van der Waals surface area contributed by atoms with Crippen molar-refractivity contribution in [2.24, 2.45) is 5.92 Å². The zero-order chi connectivity index (χ0) is 19.2. The minimum Gasteiger partial charge on any atom is -0.352 e. The van der Waals surface area contributed by atoms with E-state index in [9.17, 15) is 9.59 Å². The number of benzene rings is 1. The molecule has 5 nitrogen and oxygen atoms in total. The molecule has 1 unspecified atom stereocenters. The third-order valence-electron chi connectivity index (χ3n) is 4.98. The summed E-state index contributed by atoms with van der Waals surface area (Å²) in [4.78, 5) is 25.0. The molecule has 1 aromatic carbocycles. The van der Waals surface area contributed by atoms with Gasteiger partial charge < -0.3 is 16.0 Å². The second-order valence-corrected chi connectivity index (χ2v) is 8.21. The number of anilines is 1.